The first kappa shape index (κ1) is 15.5. The SMILES string of the molecule is CC1C[N+]2(C(N)=O)CC[N+]1(OS(=O)(=O)C(F)(F)F)CC2. The monoisotopic (exact) mass is 319 g/mol. The fraction of sp³-hybridized carbons (Fsp3) is 0.889. The molecule has 20 heavy (non-hydrogen) atoms. The number of primary amides is 1. The van der Waals surface area contributed by atoms with Gasteiger partial charge in [-0.2, -0.15) is 21.6 Å². The summed E-state index contributed by atoms with van der Waals surface area (Å²) in [5.41, 5.74) is -0.128. The number of hydrogen-bond acceptors (Lipinski definition) is 4. The number of carbonyl (C=O) groups excluding carboxylic acids is 1. The summed E-state index contributed by atoms with van der Waals surface area (Å²) in [4.78, 5) is 11.5. The number of nitrogens with zero attached hydrogens (tertiary/aromatic N) is 2. The highest BCUT2D eigenvalue weighted by Gasteiger charge is 2.63. The van der Waals surface area contributed by atoms with Crippen LogP contribution in [0.5, 0.6) is 0 Å². The number of fused-ring (bicyclic) bond motifs is 3. The molecular formula is C9H16F3N3O4S+2. The van der Waals surface area contributed by atoms with Gasteiger partial charge in [0.25, 0.3) is 0 Å². The molecule has 2 N–H and O–H groups in total. The molecule has 0 spiro atoms. The Hall–Kier alpha value is -0.910. The molecule has 3 rings (SSSR count). The minimum Gasteiger partial charge on any atom is -0.319 e. The molecule has 3 fully saturated rings. The van der Waals surface area contributed by atoms with Crippen LogP contribution in [0.15, 0.2) is 0 Å². The zero-order chi connectivity index (χ0) is 15.4. The number of carbonyl (C=O) groups is 1. The molecule has 0 aliphatic carbocycles. The van der Waals surface area contributed by atoms with Crippen LogP contribution in [0.2, 0.25) is 0 Å². The third-order valence-corrected chi connectivity index (χ3v) is 5.29. The van der Waals surface area contributed by atoms with Crippen LogP contribution in [-0.2, 0) is 14.4 Å². The maximum atomic E-state index is 12.4. The van der Waals surface area contributed by atoms with Crippen molar-refractivity contribution in [2.24, 2.45) is 5.73 Å². The van der Waals surface area contributed by atoms with Gasteiger partial charge in [0.2, 0.25) is 0 Å². The number of rotatable bonds is 2. The van der Waals surface area contributed by atoms with Crippen LogP contribution in [0.3, 0.4) is 0 Å². The third kappa shape index (κ3) is 2.18. The smallest absolute Gasteiger partial charge is 0.319 e. The van der Waals surface area contributed by atoms with Crippen molar-refractivity contribution >= 4 is 16.1 Å². The van der Waals surface area contributed by atoms with Crippen LogP contribution < -0.4 is 5.73 Å². The number of piperazine rings is 3. The molecule has 3 saturated heterocycles. The van der Waals surface area contributed by atoms with E-state index in [1.54, 1.807) is 6.92 Å². The van der Waals surface area contributed by atoms with Gasteiger partial charge in [-0.05, 0) is 6.92 Å². The standard InChI is InChI=1S/C9H15F3N3O4S/c1-7-6-14(8(13)16)2-4-15(7,5-3-14)19-20(17,18)9(10,11)12/h7H,2-6H2,1H3,(H-,13,16)/q+1/p+1. The molecule has 116 valence electrons. The van der Waals surface area contributed by atoms with Crippen molar-refractivity contribution in [2.75, 3.05) is 32.7 Å². The van der Waals surface area contributed by atoms with Gasteiger partial charge in [-0.3, -0.25) is 0 Å². The molecule has 2 amide bonds. The molecule has 0 aromatic heterocycles. The summed E-state index contributed by atoms with van der Waals surface area (Å²) < 4.78 is 63.5. The van der Waals surface area contributed by atoms with E-state index in [-0.39, 0.29) is 37.2 Å². The van der Waals surface area contributed by atoms with E-state index < -0.39 is 32.3 Å². The van der Waals surface area contributed by atoms with E-state index in [0.29, 0.717) is 0 Å². The highest BCUT2D eigenvalue weighted by atomic mass is 32.2. The molecule has 3 aliphatic rings. The molecule has 0 aromatic carbocycles. The fourth-order valence-electron chi connectivity index (χ4n) is 2.92. The van der Waals surface area contributed by atoms with Gasteiger partial charge in [0, 0.05) is 0 Å². The number of urea groups is 1. The molecule has 11 heteroatoms. The van der Waals surface area contributed by atoms with Crippen LogP contribution >= 0.6 is 0 Å². The van der Waals surface area contributed by atoms with Gasteiger partial charge in [0.1, 0.15) is 19.6 Å². The van der Waals surface area contributed by atoms with Gasteiger partial charge in [0.15, 0.2) is 19.1 Å². The summed E-state index contributed by atoms with van der Waals surface area (Å²) in [6, 6.07) is -1.12. The van der Waals surface area contributed by atoms with Crippen LogP contribution in [0.1, 0.15) is 6.92 Å². The minimum absolute atomic E-state index is 0.000579. The summed E-state index contributed by atoms with van der Waals surface area (Å²) in [6.45, 7) is 2.07. The summed E-state index contributed by atoms with van der Waals surface area (Å²) in [5, 5.41) is 0. The highest BCUT2D eigenvalue weighted by Crippen LogP contribution is 2.36. The number of hydrogen-bond donors (Lipinski definition) is 1. The second kappa shape index (κ2) is 4.29. The lowest BCUT2D eigenvalue weighted by atomic mass is 10.1. The maximum Gasteiger partial charge on any atom is 0.528 e. The van der Waals surface area contributed by atoms with E-state index in [2.05, 4.69) is 4.28 Å². The van der Waals surface area contributed by atoms with Gasteiger partial charge in [0.05, 0.1) is 0 Å². The van der Waals surface area contributed by atoms with E-state index in [1.807, 2.05) is 0 Å². The average Bonchev–Trinajstić information content (AvgIpc) is 2.29. The lowest BCUT2D eigenvalue weighted by Gasteiger charge is -2.53. The van der Waals surface area contributed by atoms with Crippen molar-refractivity contribution in [3.05, 3.63) is 0 Å². The van der Waals surface area contributed by atoms with Crippen LogP contribution in [0.25, 0.3) is 0 Å². The zero-order valence-corrected chi connectivity index (χ0v) is 11.6. The first-order valence-corrected chi connectivity index (χ1v) is 7.40. The average molecular weight is 319 g/mol. The topological polar surface area (TPSA) is 86.5 Å². The molecule has 1 atom stereocenters. The van der Waals surface area contributed by atoms with Crippen LogP contribution in [-0.4, -0.2) is 67.9 Å². The first-order chi connectivity index (χ1) is 8.94. The molecule has 2 bridgehead atoms. The Morgan fingerprint density at radius 3 is 2.10 bits per heavy atom. The van der Waals surface area contributed by atoms with Gasteiger partial charge in [-0.1, -0.05) is 4.28 Å². The predicted molar refractivity (Wildman–Crippen MR) is 60.0 cm³/mol. The van der Waals surface area contributed by atoms with Crippen LogP contribution in [0, 0.1) is 0 Å². The Balaban J connectivity index is 2.26. The van der Waals surface area contributed by atoms with Crippen molar-refractivity contribution in [2.45, 2.75) is 18.5 Å². The van der Waals surface area contributed by atoms with Crippen LogP contribution in [0.4, 0.5) is 18.0 Å². The lowest BCUT2D eigenvalue weighted by molar-refractivity contribution is -1.16. The van der Waals surface area contributed by atoms with E-state index in [0.717, 1.165) is 0 Å². The first-order valence-electron chi connectivity index (χ1n) is 5.99. The Labute approximate surface area is 113 Å². The van der Waals surface area contributed by atoms with E-state index >= 15 is 0 Å². The van der Waals surface area contributed by atoms with Crippen molar-refractivity contribution in [1.82, 2.24) is 0 Å². The fourth-order valence-corrected chi connectivity index (χ4v) is 3.69. The molecule has 3 aliphatic heterocycles. The predicted octanol–water partition coefficient (Wildman–Crippen LogP) is -0.104. The molecule has 0 radical (unpaired) electrons. The van der Waals surface area contributed by atoms with E-state index in [4.69, 9.17) is 5.73 Å². The van der Waals surface area contributed by atoms with Crippen molar-refractivity contribution in [3.63, 3.8) is 0 Å². The van der Waals surface area contributed by atoms with Gasteiger partial charge in [-0.25, -0.2) is 9.28 Å². The Kier molecular flexibility index (Phi) is 3.32. The normalized spacial score (nSPS) is 37.9. The molecule has 0 saturated carbocycles. The second-order valence-electron chi connectivity index (χ2n) is 5.34. The van der Waals surface area contributed by atoms with Crippen molar-refractivity contribution in [3.8, 4) is 0 Å². The molecular weight excluding hydrogens is 303 g/mol. The summed E-state index contributed by atoms with van der Waals surface area (Å²) in [5.74, 6) is 0. The lowest BCUT2D eigenvalue weighted by Crippen LogP contribution is -2.80. The second-order valence-corrected chi connectivity index (χ2v) is 6.86. The largest absolute Gasteiger partial charge is 0.528 e. The summed E-state index contributed by atoms with van der Waals surface area (Å²) in [7, 11) is -5.67. The minimum atomic E-state index is -5.67. The number of quaternary nitrogens is 2. The van der Waals surface area contributed by atoms with E-state index in [9.17, 15) is 26.4 Å². The highest BCUT2D eigenvalue weighted by molar-refractivity contribution is 7.87. The molecule has 3 heterocycles. The summed E-state index contributed by atoms with van der Waals surface area (Å²) >= 11 is 0. The van der Waals surface area contributed by atoms with Gasteiger partial charge < -0.3 is 5.73 Å². The van der Waals surface area contributed by atoms with Gasteiger partial charge >= 0.3 is 21.7 Å². The Morgan fingerprint density at radius 2 is 1.75 bits per heavy atom. The Morgan fingerprint density at radius 1 is 1.25 bits per heavy atom. The third-order valence-electron chi connectivity index (χ3n) is 4.23. The number of halogens is 3. The quantitative estimate of drug-likeness (QED) is 0.569. The maximum absolute atomic E-state index is 12.4. The molecule has 7 nitrogen and oxygen atoms in total. The number of amides is 2. The Bertz CT molecular complexity index is 525. The van der Waals surface area contributed by atoms with Crippen molar-refractivity contribution < 1.29 is 39.8 Å². The van der Waals surface area contributed by atoms with Crippen molar-refractivity contribution in [1.29, 1.82) is 0 Å². The number of nitrogens with two attached hydrogens (primary N) is 1. The number of alkyl halides is 3. The van der Waals surface area contributed by atoms with Gasteiger partial charge in [-0.15, -0.1) is 4.65 Å². The number of hydroxylamine groups is 3. The zero-order valence-electron chi connectivity index (χ0n) is 10.8. The summed E-state index contributed by atoms with van der Waals surface area (Å²) in [6.07, 6.45) is 0. The molecule has 0 aromatic rings. The van der Waals surface area contributed by atoms with E-state index in [1.165, 1.54) is 0 Å². The molecule has 1 unspecified atom stereocenters.